The SMILES string of the molecule is COC(=O)c1noc(Cl)n1. The molecule has 1 aromatic rings. The summed E-state index contributed by atoms with van der Waals surface area (Å²) in [4.78, 5) is 14.0. The van der Waals surface area contributed by atoms with Crippen LogP contribution in [0.4, 0.5) is 0 Å². The second kappa shape index (κ2) is 2.66. The molecule has 1 heterocycles. The molecule has 0 saturated heterocycles. The molecule has 0 spiro atoms. The van der Waals surface area contributed by atoms with Gasteiger partial charge in [0.1, 0.15) is 0 Å². The van der Waals surface area contributed by atoms with Crippen molar-refractivity contribution in [3.05, 3.63) is 11.2 Å². The Bertz CT molecular complexity index is 246. The molecule has 0 aliphatic rings. The quantitative estimate of drug-likeness (QED) is 0.563. The third-order valence-electron chi connectivity index (χ3n) is 0.769. The highest BCUT2D eigenvalue weighted by atomic mass is 35.5. The van der Waals surface area contributed by atoms with Gasteiger partial charge in [0.25, 0.3) is 5.82 Å². The summed E-state index contributed by atoms with van der Waals surface area (Å²) in [6.07, 6.45) is 0. The summed E-state index contributed by atoms with van der Waals surface area (Å²) in [6, 6.07) is 0. The van der Waals surface area contributed by atoms with Gasteiger partial charge >= 0.3 is 11.3 Å². The first-order valence-electron chi connectivity index (χ1n) is 2.31. The zero-order chi connectivity index (χ0) is 7.56. The van der Waals surface area contributed by atoms with E-state index in [9.17, 15) is 4.79 Å². The number of nitrogens with zero attached hydrogens (tertiary/aromatic N) is 2. The van der Waals surface area contributed by atoms with Crippen LogP contribution in [0.1, 0.15) is 10.6 Å². The zero-order valence-electron chi connectivity index (χ0n) is 5.00. The molecule has 10 heavy (non-hydrogen) atoms. The number of hydrogen-bond donors (Lipinski definition) is 0. The second-order valence-corrected chi connectivity index (χ2v) is 1.69. The Labute approximate surface area is 60.9 Å². The van der Waals surface area contributed by atoms with Crippen molar-refractivity contribution in [3.63, 3.8) is 0 Å². The molecule has 0 radical (unpaired) electrons. The van der Waals surface area contributed by atoms with Crippen LogP contribution in [0, 0.1) is 0 Å². The third-order valence-corrected chi connectivity index (χ3v) is 0.923. The van der Waals surface area contributed by atoms with Gasteiger partial charge in [0.2, 0.25) is 0 Å². The molecule has 0 aliphatic carbocycles. The number of hydrogen-bond acceptors (Lipinski definition) is 5. The lowest BCUT2D eigenvalue weighted by Crippen LogP contribution is -2.02. The van der Waals surface area contributed by atoms with Crippen molar-refractivity contribution in [2.75, 3.05) is 7.11 Å². The molecular weight excluding hydrogens is 160 g/mol. The van der Waals surface area contributed by atoms with E-state index in [4.69, 9.17) is 11.6 Å². The second-order valence-electron chi connectivity index (χ2n) is 1.36. The van der Waals surface area contributed by atoms with Crippen molar-refractivity contribution in [1.29, 1.82) is 0 Å². The van der Waals surface area contributed by atoms with Crippen molar-refractivity contribution >= 4 is 17.6 Å². The van der Waals surface area contributed by atoms with Crippen molar-refractivity contribution < 1.29 is 14.1 Å². The Hall–Kier alpha value is -1.10. The van der Waals surface area contributed by atoms with E-state index in [1.807, 2.05) is 0 Å². The average Bonchev–Trinajstić information content (AvgIpc) is 2.34. The average molecular weight is 163 g/mol. The fourth-order valence-corrected chi connectivity index (χ4v) is 0.494. The number of rotatable bonds is 1. The molecule has 6 heteroatoms. The molecule has 0 saturated carbocycles. The first-order valence-corrected chi connectivity index (χ1v) is 2.69. The number of carbonyl (C=O) groups is 1. The number of carbonyl (C=O) groups excluding carboxylic acids is 1. The lowest BCUT2D eigenvalue weighted by atomic mass is 10.6. The maximum atomic E-state index is 10.6. The summed E-state index contributed by atoms with van der Waals surface area (Å²) >= 11 is 5.21. The number of ether oxygens (including phenoxy) is 1. The van der Waals surface area contributed by atoms with Crippen LogP contribution in [0.5, 0.6) is 0 Å². The largest absolute Gasteiger partial charge is 0.463 e. The minimum absolute atomic E-state index is 0.174. The van der Waals surface area contributed by atoms with Gasteiger partial charge in [-0.3, -0.25) is 0 Å². The molecule has 0 aliphatic heterocycles. The smallest absolute Gasteiger partial charge is 0.379 e. The van der Waals surface area contributed by atoms with Crippen LogP contribution in [-0.4, -0.2) is 23.2 Å². The summed E-state index contributed by atoms with van der Waals surface area (Å²) in [5, 5.41) is 3.01. The molecule has 1 rings (SSSR count). The maximum Gasteiger partial charge on any atom is 0.379 e. The minimum Gasteiger partial charge on any atom is -0.463 e. The van der Waals surface area contributed by atoms with E-state index in [1.54, 1.807) is 0 Å². The number of aromatic nitrogens is 2. The molecular formula is C4H3ClN2O3. The molecule has 0 fully saturated rings. The van der Waals surface area contributed by atoms with Crippen molar-refractivity contribution in [3.8, 4) is 0 Å². The molecule has 0 N–H and O–H groups in total. The molecule has 1 aromatic heterocycles. The van der Waals surface area contributed by atoms with Crippen LogP contribution in [0.3, 0.4) is 0 Å². The van der Waals surface area contributed by atoms with Crippen molar-refractivity contribution in [2.24, 2.45) is 0 Å². The van der Waals surface area contributed by atoms with Gasteiger partial charge in [-0.15, -0.1) is 0 Å². The Balaban J connectivity index is 2.85. The summed E-state index contributed by atoms with van der Waals surface area (Å²) in [5.41, 5.74) is 0. The first kappa shape index (κ1) is 7.01. The van der Waals surface area contributed by atoms with E-state index in [0.29, 0.717) is 0 Å². The van der Waals surface area contributed by atoms with Crippen LogP contribution in [0.25, 0.3) is 0 Å². The van der Waals surface area contributed by atoms with Gasteiger partial charge in [-0.05, 0) is 16.8 Å². The Morgan fingerprint density at radius 1 is 1.80 bits per heavy atom. The van der Waals surface area contributed by atoms with Gasteiger partial charge in [-0.25, -0.2) is 4.79 Å². The van der Waals surface area contributed by atoms with E-state index < -0.39 is 5.97 Å². The van der Waals surface area contributed by atoms with E-state index in [-0.39, 0.29) is 11.2 Å². The zero-order valence-corrected chi connectivity index (χ0v) is 5.75. The number of halogens is 1. The highest BCUT2D eigenvalue weighted by Gasteiger charge is 2.12. The fraction of sp³-hybridized carbons (Fsp3) is 0.250. The first-order chi connectivity index (χ1) is 4.74. The van der Waals surface area contributed by atoms with E-state index in [1.165, 1.54) is 7.11 Å². The Kier molecular flexibility index (Phi) is 1.86. The number of methoxy groups -OCH3 is 1. The summed E-state index contributed by atoms with van der Waals surface area (Å²) in [7, 11) is 1.21. The normalized spacial score (nSPS) is 9.40. The Morgan fingerprint density at radius 2 is 2.50 bits per heavy atom. The highest BCUT2D eigenvalue weighted by molar-refractivity contribution is 6.27. The lowest BCUT2D eigenvalue weighted by molar-refractivity contribution is 0.0583. The number of esters is 1. The maximum absolute atomic E-state index is 10.6. The molecule has 54 valence electrons. The van der Waals surface area contributed by atoms with Gasteiger partial charge in [-0.1, -0.05) is 0 Å². The molecule has 5 nitrogen and oxygen atoms in total. The molecule has 0 unspecified atom stereocenters. The predicted molar refractivity (Wildman–Crippen MR) is 30.6 cm³/mol. The standard InChI is InChI=1S/C4H3ClN2O3/c1-9-3(8)2-6-4(5)10-7-2/h1H3. The minimum atomic E-state index is -0.671. The van der Waals surface area contributed by atoms with Gasteiger partial charge < -0.3 is 9.26 Å². The predicted octanol–water partition coefficient (Wildman–Crippen LogP) is 0.510. The van der Waals surface area contributed by atoms with E-state index >= 15 is 0 Å². The van der Waals surface area contributed by atoms with Gasteiger partial charge in [0, 0.05) is 0 Å². The van der Waals surface area contributed by atoms with Crippen LogP contribution in [-0.2, 0) is 4.74 Å². The summed E-state index contributed by atoms with van der Waals surface area (Å²) in [6.45, 7) is 0. The van der Waals surface area contributed by atoms with Gasteiger partial charge in [0.05, 0.1) is 7.11 Å². The molecule has 0 amide bonds. The monoisotopic (exact) mass is 162 g/mol. The van der Waals surface area contributed by atoms with Crippen LogP contribution >= 0.6 is 11.6 Å². The fourth-order valence-electron chi connectivity index (χ4n) is 0.379. The lowest BCUT2D eigenvalue weighted by Gasteiger charge is -1.86. The third kappa shape index (κ3) is 1.24. The van der Waals surface area contributed by atoms with Crippen LogP contribution in [0.2, 0.25) is 5.35 Å². The Morgan fingerprint density at radius 3 is 2.90 bits per heavy atom. The van der Waals surface area contributed by atoms with E-state index in [0.717, 1.165) is 0 Å². The topological polar surface area (TPSA) is 65.2 Å². The van der Waals surface area contributed by atoms with Gasteiger partial charge in [-0.2, -0.15) is 4.98 Å². The van der Waals surface area contributed by atoms with E-state index in [2.05, 4.69) is 19.4 Å². The van der Waals surface area contributed by atoms with Gasteiger partial charge in [0.15, 0.2) is 0 Å². The molecule has 0 atom stereocenters. The van der Waals surface area contributed by atoms with Crippen molar-refractivity contribution in [2.45, 2.75) is 0 Å². The molecule has 0 aromatic carbocycles. The summed E-state index contributed by atoms with van der Waals surface area (Å²) in [5.74, 6) is -0.844. The highest BCUT2D eigenvalue weighted by Crippen LogP contribution is 2.03. The molecule has 0 bridgehead atoms. The van der Waals surface area contributed by atoms with Crippen LogP contribution in [0.15, 0.2) is 4.52 Å². The van der Waals surface area contributed by atoms with Crippen LogP contribution < -0.4 is 0 Å². The summed E-state index contributed by atoms with van der Waals surface area (Å²) < 4.78 is 8.56. The van der Waals surface area contributed by atoms with Crippen molar-refractivity contribution in [1.82, 2.24) is 10.1 Å².